The molecule has 2 N–H and O–H groups in total. The van der Waals surface area contributed by atoms with Crippen LogP contribution in [0.2, 0.25) is 0 Å². The summed E-state index contributed by atoms with van der Waals surface area (Å²) in [6.45, 7) is 4.60. The minimum Gasteiger partial charge on any atom is -0.393 e. The van der Waals surface area contributed by atoms with E-state index in [0.717, 1.165) is 16.8 Å². The van der Waals surface area contributed by atoms with E-state index in [2.05, 4.69) is 0 Å². The molecule has 0 radical (unpaired) electrons. The highest BCUT2D eigenvalue weighted by molar-refractivity contribution is 7.80. The van der Waals surface area contributed by atoms with Gasteiger partial charge < -0.3 is 10.6 Å². The molecule has 1 amide bonds. The van der Waals surface area contributed by atoms with Crippen LogP contribution in [0.5, 0.6) is 0 Å². The number of amides is 1. The molecule has 0 aliphatic heterocycles. The fourth-order valence-electron chi connectivity index (χ4n) is 2.41. The number of rotatable bonds is 5. The van der Waals surface area contributed by atoms with Crippen LogP contribution in [0.15, 0.2) is 48.5 Å². The lowest BCUT2D eigenvalue weighted by molar-refractivity contribution is 0.0988. The summed E-state index contributed by atoms with van der Waals surface area (Å²) in [6.07, 6.45) is 0.507. The van der Waals surface area contributed by atoms with Crippen LogP contribution in [-0.2, 0) is 6.42 Å². The zero-order valence-corrected chi connectivity index (χ0v) is 13.7. The topological polar surface area (TPSA) is 46.3 Å². The van der Waals surface area contributed by atoms with Crippen molar-refractivity contribution in [2.45, 2.75) is 20.3 Å². The van der Waals surface area contributed by atoms with E-state index in [4.69, 9.17) is 18.0 Å². The third kappa shape index (κ3) is 3.92. The van der Waals surface area contributed by atoms with Gasteiger partial charge in [0.25, 0.3) is 5.91 Å². The number of benzene rings is 2. The lowest BCUT2D eigenvalue weighted by Gasteiger charge is -2.22. The van der Waals surface area contributed by atoms with E-state index in [-0.39, 0.29) is 5.91 Å². The van der Waals surface area contributed by atoms with Gasteiger partial charge in [-0.2, -0.15) is 0 Å². The standard InChI is InChI=1S/C18H20N2OS/c1-3-20(16-9-4-6-13(2)10-16)18(21)15-8-5-7-14(11-15)12-17(19)22/h4-11H,3,12H2,1-2H3,(H2,19,22). The average molecular weight is 312 g/mol. The second-order valence-electron chi connectivity index (χ2n) is 5.23. The number of anilines is 1. The average Bonchev–Trinajstić information content (AvgIpc) is 2.47. The Balaban J connectivity index is 2.30. The fraction of sp³-hybridized carbons (Fsp3) is 0.222. The summed E-state index contributed by atoms with van der Waals surface area (Å²) in [4.78, 5) is 15.0. The molecule has 3 nitrogen and oxygen atoms in total. The van der Waals surface area contributed by atoms with Crippen molar-refractivity contribution in [3.63, 3.8) is 0 Å². The van der Waals surface area contributed by atoms with Gasteiger partial charge in [0, 0.05) is 24.2 Å². The smallest absolute Gasteiger partial charge is 0.258 e. The molecule has 0 aliphatic rings. The monoisotopic (exact) mass is 312 g/mol. The van der Waals surface area contributed by atoms with Crippen molar-refractivity contribution in [2.75, 3.05) is 11.4 Å². The lowest BCUT2D eigenvalue weighted by Crippen LogP contribution is -2.30. The molecule has 0 aliphatic carbocycles. The summed E-state index contributed by atoms with van der Waals surface area (Å²) in [5.74, 6) is -0.0158. The summed E-state index contributed by atoms with van der Waals surface area (Å²) in [7, 11) is 0. The number of nitrogens with zero attached hydrogens (tertiary/aromatic N) is 1. The molecule has 0 saturated heterocycles. The van der Waals surface area contributed by atoms with Crippen molar-refractivity contribution in [2.24, 2.45) is 5.73 Å². The predicted octanol–water partition coefficient (Wildman–Crippen LogP) is 3.49. The normalized spacial score (nSPS) is 10.3. The summed E-state index contributed by atoms with van der Waals surface area (Å²) in [5, 5.41) is 0. The molecule has 0 heterocycles. The number of nitrogens with two attached hydrogens (primary N) is 1. The Kier molecular flexibility index (Phi) is 5.28. The highest BCUT2D eigenvalue weighted by Gasteiger charge is 2.16. The van der Waals surface area contributed by atoms with Crippen LogP contribution in [0.25, 0.3) is 0 Å². The Labute approximate surface area is 136 Å². The van der Waals surface area contributed by atoms with E-state index in [0.29, 0.717) is 23.5 Å². The summed E-state index contributed by atoms with van der Waals surface area (Å²) in [5.41, 5.74) is 9.23. The van der Waals surface area contributed by atoms with Crippen LogP contribution >= 0.6 is 12.2 Å². The highest BCUT2D eigenvalue weighted by atomic mass is 32.1. The van der Waals surface area contributed by atoms with E-state index in [1.807, 2.05) is 62.4 Å². The van der Waals surface area contributed by atoms with Gasteiger partial charge in [0.2, 0.25) is 0 Å². The van der Waals surface area contributed by atoms with E-state index < -0.39 is 0 Å². The number of hydrogen-bond donors (Lipinski definition) is 1. The lowest BCUT2D eigenvalue weighted by atomic mass is 10.1. The van der Waals surface area contributed by atoms with Gasteiger partial charge in [0.05, 0.1) is 4.99 Å². The maximum atomic E-state index is 12.8. The van der Waals surface area contributed by atoms with Crippen LogP contribution in [0.3, 0.4) is 0 Å². The zero-order valence-electron chi connectivity index (χ0n) is 12.9. The SMILES string of the molecule is CCN(C(=O)c1cccc(CC(N)=S)c1)c1cccc(C)c1. The Morgan fingerprint density at radius 3 is 2.55 bits per heavy atom. The summed E-state index contributed by atoms with van der Waals surface area (Å²) < 4.78 is 0. The fourth-order valence-corrected chi connectivity index (χ4v) is 2.58. The number of hydrogen-bond acceptors (Lipinski definition) is 2. The van der Waals surface area contributed by atoms with Gasteiger partial charge in [-0.25, -0.2) is 0 Å². The van der Waals surface area contributed by atoms with Crippen molar-refractivity contribution in [3.8, 4) is 0 Å². The van der Waals surface area contributed by atoms with Crippen LogP contribution in [0, 0.1) is 6.92 Å². The zero-order chi connectivity index (χ0) is 16.1. The van der Waals surface area contributed by atoms with Gasteiger partial charge in [-0.15, -0.1) is 0 Å². The largest absolute Gasteiger partial charge is 0.393 e. The number of thiocarbonyl (C=S) groups is 1. The molecule has 0 saturated carbocycles. The van der Waals surface area contributed by atoms with Crippen molar-refractivity contribution in [1.29, 1.82) is 0 Å². The predicted molar refractivity (Wildman–Crippen MR) is 95.5 cm³/mol. The first-order chi connectivity index (χ1) is 10.5. The van der Waals surface area contributed by atoms with Gasteiger partial charge in [0.1, 0.15) is 0 Å². The van der Waals surface area contributed by atoms with Gasteiger partial charge in [0.15, 0.2) is 0 Å². The van der Waals surface area contributed by atoms with E-state index in [9.17, 15) is 4.79 Å². The Morgan fingerprint density at radius 1 is 1.18 bits per heavy atom. The molecule has 0 fully saturated rings. The maximum absolute atomic E-state index is 12.8. The molecule has 2 aromatic carbocycles. The number of carbonyl (C=O) groups excluding carboxylic acids is 1. The summed E-state index contributed by atoms with van der Waals surface area (Å²) in [6, 6.07) is 15.4. The van der Waals surface area contributed by atoms with Crippen LogP contribution in [0.1, 0.15) is 28.4 Å². The Morgan fingerprint density at radius 2 is 1.91 bits per heavy atom. The second kappa shape index (κ2) is 7.18. The quantitative estimate of drug-likeness (QED) is 0.860. The van der Waals surface area contributed by atoms with Crippen molar-refractivity contribution >= 4 is 28.8 Å². The molecule has 0 bridgehead atoms. The van der Waals surface area contributed by atoms with Crippen LogP contribution in [0.4, 0.5) is 5.69 Å². The van der Waals surface area contributed by atoms with Gasteiger partial charge >= 0.3 is 0 Å². The highest BCUT2D eigenvalue weighted by Crippen LogP contribution is 2.19. The molecule has 4 heteroatoms. The van der Waals surface area contributed by atoms with E-state index in [1.165, 1.54) is 0 Å². The second-order valence-corrected chi connectivity index (χ2v) is 5.76. The molecular weight excluding hydrogens is 292 g/mol. The third-order valence-corrected chi connectivity index (χ3v) is 3.57. The number of carbonyl (C=O) groups is 1. The van der Waals surface area contributed by atoms with Crippen molar-refractivity contribution in [3.05, 3.63) is 65.2 Å². The van der Waals surface area contributed by atoms with Crippen LogP contribution < -0.4 is 10.6 Å². The first kappa shape index (κ1) is 16.2. The van der Waals surface area contributed by atoms with E-state index >= 15 is 0 Å². The molecule has 2 aromatic rings. The molecule has 2 rings (SSSR count). The summed E-state index contributed by atoms with van der Waals surface area (Å²) >= 11 is 4.93. The molecular formula is C18H20N2OS. The Hall–Kier alpha value is -2.20. The molecule has 114 valence electrons. The molecule has 0 atom stereocenters. The van der Waals surface area contributed by atoms with E-state index in [1.54, 1.807) is 4.90 Å². The first-order valence-electron chi connectivity index (χ1n) is 7.27. The first-order valence-corrected chi connectivity index (χ1v) is 7.68. The van der Waals surface area contributed by atoms with Gasteiger partial charge in [-0.3, -0.25) is 4.79 Å². The molecule has 0 aromatic heterocycles. The molecule has 0 unspecified atom stereocenters. The van der Waals surface area contributed by atoms with Crippen LogP contribution in [-0.4, -0.2) is 17.4 Å². The van der Waals surface area contributed by atoms with Crippen molar-refractivity contribution in [1.82, 2.24) is 0 Å². The van der Waals surface area contributed by atoms with Gasteiger partial charge in [-0.1, -0.05) is 36.5 Å². The van der Waals surface area contributed by atoms with Crippen molar-refractivity contribution < 1.29 is 4.79 Å². The maximum Gasteiger partial charge on any atom is 0.258 e. The molecule has 0 spiro atoms. The Bertz CT molecular complexity index is 697. The molecule has 22 heavy (non-hydrogen) atoms. The minimum absolute atomic E-state index is 0.0158. The third-order valence-electron chi connectivity index (χ3n) is 3.43. The minimum atomic E-state index is -0.0158. The number of aryl methyl sites for hydroxylation is 1. The van der Waals surface area contributed by atoms with Gasteiger partial charge in [-0.05, 0) is 49.2 Å².